The molecule has 4 nitrogen and oxygen atoms in total. The average molecular weight is 347 g/mol. The van der Waals surface area contributed by atoms with E-state index < -0.39 is 10.0 Å². The van der Waals surface area contributed by atoms with Crippen LogP contribution in [0.3, 0.4) is 0 Å². The van der Waals surface area contributed by atoms with Crippen LogP contribution in [-0.2, 0) is 16.4 Å². The fourth-order valence-corrected chi connectivity index (χ4v) is 4.59. The summed E-state index contributed by atoms with van der Waals surface area (Å²) in [6.45, 7) is 1.36. The van der Waals surface area contributed by atoms with E-state index in [-0.39, 0.29) is 5.75 Å². The quantitative estimate of drug-likeness (QED) is 0.740. The van der Waals surface area contributed by atoms with Gasteiger partial charge in [-0.1, -0.05) is 15.9 Å². The molecule has 6 heteroatoms. The first-order valence-corrected chi connectivity index (χ1v) is 9.27. The van der Waals surface area contributed by atoms with Crippen molar-refractivity contribution in [3.63, 3.8) is 0 Å². The Morgan fingerprint density at radius 3 is 2.79 bits per heavy atom. The summed E-state index contributed by atoms with van der Waals surface area (Å²) in [6, 6.07) is 3.74. The van der Waals surface area contributed by atoms with Crippen molar-refractivity contribution in [1.82, 2.24) is 9.29 Å². The Morgan fingerprint density at radius 1 is 1.37 bits per heavy atom. The number of hydrogen-bond donors (Lipinski definition) is 0. The SMILES string of the molecule is O=S(=O)(CCc1ccncc1)N1CCC(CCBr)C1. The van der Waals surface area contributed by atoms with Gasteiger partial charge < -0.3 is 0 Å². The van der Waals surface area contributed by atoms with E-state index >= 15 is 0 Å². The Morgan fingerprint density at radius 2 is 2.11 bits per heavy atom. The predicted octanol–water partition coefficient (Wildman–Crippen LogP) is 2.06. The van der Waals surface area contributed by atoms with Crippen molar-refractivity contribution < 1.29 is 8.42 Å². The standard InChI is InChI=1S/C13H19BrN2O2S/c14-6-1-13-4-9-16(11-13)19(17,18)10-5-12-2-7-15-8-3-12/h2-3,7-8,13H,1,4-6,9-11H2. The lowest BCUT2D eigenvalue weighted by Gasteiger charge is -2.16. The molecule has 1 aliphatic rings. The maximum atomic E-state index is 12.3. The van der Waals surface area contributed by atoms with Crippen molar-refractivity contribution in [3.05, 3.63) is 30.1 Å². The molecule has 19 heavy (non-hydrogen) atoms. The van der Waals surface area contributed by atoms with Crippen LogP contribution in [0.4, 0.5) is 0 Å². The topological polar surface area (TPSA) is 50.3 Å². The van der Waals surface area contributed by atoms with E-state index in [9.17, 15) is 8.42 Å². The third-order valence-electron chi connectivity index (χ3n) is 3.56. The van der Waals surface area contributed by atoms with Crippen LogP contribution in [-0.4, -0.2) is 41.9 Å². The number of sulfonamides is 1. The van der Waals surface area contributed by atoms with E-state index in [2.05, 4.69) is 20.9 Å². The molecule has 106 valence electrons. The molecule has 0 N–H and O–H groups in total. The van der Waals surface area contributed by atoms with Crippen LogP contribution in [0.1, 0.15) is 18.4 Å². The minimum Gasteiger partial charge on any atom is -0.265 e. The highest BCUT2D eigenvalue weighted by Gasteiger charge is 2.30. The van der Waals surface area contributed by atoms with Gasteiger partial charge in [0.1, 0.15) is 0 Å². The molecule has 0 bridgehead atoms. The summed E-state index contributed by atoms with van der Waals surface area (Å²) in [5, 5.41) is 0.947. The van der Waals surface area contributed by atoms with Gasteiger partial charge in [0.05, 0.1) is 5.75 Å². The third kappa shape index (κ3) is 4.26. The fraction of sp³-hybridized carbons (Fsp3) is 0.615. The van der Waals surface area contributed by atoms with Gasteiger partial charge in [0.25, 0.3) is 0 Å². The van der Waals surface area contributed by atoms with E-state index in [1.807, 2.05) is 12.1 Å². The summed E-state index contributed by atoms with van der Waals surface area (Å²) in [6.07, 6.45) is 5.99. The molecule has 1 unspecified atom stereocenters. The van der Waals surface area contributed by atoms with Gasteiger partial charge in [-0.2, -0.15) is 0 Å². The van der Waals surface area contributed by atoms with Crippen LogP contribution in [0.25, 0.3) is 0 Å². The number of pyridine rings is 1. The van der Waals surface area contributed by atoms with Crippen LogP contribution in [0.2, 0.25) is 0 Å². The number of rotatable bonds is 6. The molecule has 1 fully saturated rings. The van der Waals surface area contributed by atoms with Gasteiger partial charge in [-0.05, 0) is 42.9 Å². The molecule has 2 rings (SSSR count). The third-order valence-corrected chi connectivity index (χ3v) is 5.85. The van der Waals surface area contributed by atoms with Gasteiger partial charge in [-0.15, -0.1) is 0 Å². The molecule has 1 atom stereocenters. The first-order chi connectivity index (χ1) is 9.12. The highest BCUT2D eigenvalue weighted by atomic mass is 79.9. The molecule has 0 aliphatic carbocycles. The predicted molar refractivity (Wildman–Crippen MR) is 79.8 cm³/mol. The second-order valence-electron chi connectivity index (χ2n) is 4.91. The molecule has 1 aromatic heterocycles. The van der Waals surface area contributed by atoms with Crippen LogP contribution in [0.15, 0.2) is 24.5 Å². The van der Waals surface area contributed by atoms with Crippen LogP contribution in [0.5, 0.6) is 0 Å². The van der Waals surface area contributed by atoms with Gasteiger partial charge in [0, 0.05) is 30.8 Å². The Bertz CT molecular complexity index is 493. The summed E-state index contributed by atoms with van der Waals surface area (Å²) in [5.74, 6) is 0.702. The molecule has 1 saturated heterocycles. The van der Waals surface area contributed by atoms with Crippen molar-refractivity contribution in [2.75, 3.05) is 24.2 Å². The number of halogens is 1. The second kappa shape index (κ2) is 6.81. The van der Waals surface area contributed by atoms with Crippen LogP contribution < -0.4 is 0 Å². The molecular formula is C13H19BrN2O2S. The summed E-state index contributed by atoms with van der Waals surface area (Å²) in [5.41, 5.74) is 1.02. The van der Waals surface area contributed by atoms with Gasteiger partial charge in [0.2, 0.25) is 10.0 Å². The lowest BCUT2D eigenvalue weighted by Crippen LogP contribution is -2.31. The van der Waals surface area contributed by atoms with E-state index in [0.717, 1.165) is 23.7 Å². The Kier molecular flexibility index (Phi) is 5.36. The average Bonchev–Trinajstić information content (AvgIpc) is 2.88. The zero-order chi connectivity index (χ0) is 13.7. The van der Waals surface area contributed by atoms with Gasteiger partial charge >= 0.3 is 0 Å². The van der Waals surface area contributed by atoms with Crippen LogP contribution in [0, 0.1) is 5.92 Å². The summed E-state index contributed by atoms with van der Waals surface area (Å²) >= 11 is 3.42. The van der Waals surface area contributed by atoms with Crippen molar-refractivity contribution in [3.8, 4) is 0 Å². The van der Waals surface area contributed by atoms with Gasteiger partial charge in [-0.25, -0.2) is 12.7 Å². The summed E-state index contributed by atoms with van der Waals surface area (Å²) in [4.78, 5) is 3.93. The maximum Gasteiger partial charge on any atom is 0.214 e. The van der Waals surface area contributed by atoms with E-state index in [4.69, 9.17) is 0 Å². The molecule has 0 saturated carbocycles. The molecule has 1 aromatic rings. The first kappa shape index (κ1) is 14.9. The highest BCUT2D eigenvalue weighted by molar-refractivity contribution is 9.09. The van der Waals surface area contributed by atoms with Crippen molar-refractivity contribution in [1.29, 1.82) is 0 Å². The van der Waals surface area contributed by atoms with E-state index in [0.29, 0.717) is 25.4 Å². The van der Waals surface area contributed by atoms with Gasteiger partial charge in [-0.3, -0.25) is 4.98 Å². The Balaban J connectivity index is 1.89. The fourth-order valence-electron chi connectivity index (χ4n) is 2.37. The monoisotopic (exact) mass is 346 g/mol. The highest BCUT2D eigenvalue weighted by Crippen LogP contribution is 2.23. The zero-order valence-corrected chi connectivity index (χ0v) is 13.2. The number of hydrogen-bond acceptors (Lipinski definition) is 3. The smallest absolute Gasteiger partial charge is 0.214 e. The Labute approximate surface area is 123 Å². The molecule has 2 heterocycles. The summed E-state index contributed by atoms with van der Waals surface area (Å²) in [7, 11) is -3.11. The second-order valence-corrected chi connectivity index (χ2v) is 7.79. The van der Waals surface area contributed by atoms with E-state index in [1.54, 1.807) is 16.7 Å². The van der Waals surface area contributed by atoms with E-state index in [1.165, 1.54) is 0 Å². The molecular weight excluding hydrogens is 328 g/mol. The molecule has 0 spiro atoms. The summed E-state index contributed by atoms with van der Waals surface area (Å²) < 4.78 is 26.2. The minimum atomic E-state index is -3.11. The number of nitrogens with zero attached hydrogens (tertiary/aromatic N) is 2. The van der Waals surface area contributed by atoms with Crippen molar-refractivity contribution >= 4 is 26.0 Å². The number of aryl methyl sites for hydroxylation is 1. The Hall–Kier alpha value is -0.460. The molecule has 0 amide bonds. The minimum absolute atomic E-state index is 0.193. The number of alkyl halides is 1. The molecule has 0 aromatic carbocycles. The van der Waals surface area contributed by atoms with Crippen LogP contribution >= 0.6 is 15.9 Å². The van der Waals surface area contributed by atoms with Crippen molar-refractivity contribution in [2.45, 2.75) is 19.3 Å². The lowest BCUT2D eigenvalue weighted by molar-refractivity contribution is 0.454. The molecule has 0 radical (unpaired) electrons. The lowest BCUT2D eigenvalue weighted by atomic mass is 10.1. The maximum absolute atomic E-state index is 12.3. The number of aromatic nitrogens is 1. The van der Waals surface area contributed by atoms with Gasteiger partial charge in [0.15, 0.2) is 0 Å². The van der Waals surface area contributed by atoms with Crippen molar-refractivity contribution in [2.24, 2.45) is 5.92 Å². The molecule has 1 aliphatic heterocycles. The zero-order valence-electron chi connectivity index (χ0n) is 10.8. The largest absolute Gasteiger partial charge is 0.265 e. The normalized spacial score (nSPS) is 20.8. The first-order valence-electron chi connectivity index (χ1n) is 6.54.